The monoisotopic (exact) mass is 2060 g/mol. The molecular formula is C100H89Ir3N9O3-6. The minimum Gasteiger partial charge on any atom is -0.486 e. The molecule has 0 amide bonds. The fourth-order valence-corrected chi connectivity index (χ4v) is 12.0. The van der Waals surface area contributed by atoms with Crippen molar-refractivity contribution in [2.24, 2.45) is 5.41 Å². The Labute approximate surface area is 744 Å². The summed E-state index contributed by atoms with van der Waals surface area (Å²) in [6, 6.07) is 76.2. The molecule has 0 fully saturated rings. The number of hydrogen-bond donors (Lipinski definition) is 0. The van der Waals surface area contributed by atoms with E-state index < -0.39 is 58.8 Å². The Bertz CT molecular complexity index is 7010. The summed E-state index contributed by atoms with van der Waals surface area (Å²) in [5.74, 6) is -1.85. The zero-order valence-electron chi connectivity index (χ0n) is 85.2. The van der Waals surface area contributed by atoms with Crippen molar-refractivity contribution in [1.29, 1.82) is 0 Å². The molecule has 3 radical (unpaired) electrons. The average Bonchev–Trinajstić information content (AvgIpc) is 1.57. The molecule has 1 atom stereocenters. The van der Waals surface area contributed by atoms with Gasteiger partial charge in [0, 0.05) is 160 Å². The first kappa shape index (κ1) is 61.5. The van der Waals surface area contributed by atoms with E-state index in [0.717, 1.165) is 83.9 Å². The number of aromatic nitrogens is 9. The molecule has 12 aromatic heterocycles. The first-order chi connectivity index (χ1) is 62.4. The molecule has 0 saturated carbocycles. The quantitative estimate of drug-likeness (QED) is 0.133. The minimum atomic E-state index is -2.55. The van der Waals surface area contributed by atoms with E-state index in [4.69, 9.17) is 42.0 Å². The summed E-state index contributed by atoms with van der Waals surface area (Å²) in [4.78, 5) is 38.9. The fraction of sp³-hybridized carbons (Fsp3) is 0.190. The van der Waals surface area contributed by atoms with E-state index in [1.165, 1.54) is 56.0 Å². The Morgan fingerprint density at radius 1 is 0.383 bits per heavy atom. The summed E-state index contributed by atoms with van der Waals surface area (Å²) in [5.41, 5.74) is 17.0. The predicted molar refractivity (Wildman–Crippen MR) is 456 cm³/mol. The van der Waals surface area contributed by atoms with E-state index in [2.05, 4.69) is 81.3 Å². The van der Waals surface area contributed by atoms with Crippen LogP contribution in [0, 0.1) is 118 Å². The topological polar surface area (TPSA) is 155 Å². The molecule has 15 heteroatoms. The molecule has 0 aliphatic heterocycles. The summed E-state index contributed by atoms with van der Waals surface area (Å²) in [6.45, 7) is 4.46. The first-order valence-corrected chi connectivity index (χ1v) is 35.8. The van der Waals surface area contributed by atoms with Gasteiger partial charge in [0.25, 0.3) is 0 Å². The maximum absolute atomic E-state index is 8.55. The molecule has 115 heavy (non-hydrogen) atoms. The Morgan fingerprint density at radius 3 is 1.24 bits per heavy atom. The third kappa shape index (κ3) is 20.9. The Balaban J connectivity index is 0.000000171. The molecule has 18 rings (SSSR count). The van der Waals surface area contributed by atoms with Crippen LogP contribution in [-0.2, 0) is 66.7 Å². The molecule has 0 saturated heterocycles. The zero-order valence-corrected chi connectivity index (χ0v) is 71.4. The molecule has 12 heterocycles. The molecule has 0 N–H and O–H groups in total. The number of benzene rings is 6. The molecular weight excluding hydrogens is 1950 g/mol. The molecule has 0 aliphatic carbocycles. The number of hydrogen-bond acceptors (Lipinski definition) is 12. The summed E-state index contributed by atoms with van der Waals surface area (Å²) in [5, 5.41) is 4.10. The summed E-state index contributed by atoms with van der Waals surface area (Å²) >= 11 is 0. The molecule has 0 aliphatic rings. The van der Waals surface area contributed by atoms with Crippen LogP contribution < -0.4 is 0 Å². The number of rotatable bonds is 8. The first-order valence-electron chi connectivity index (χ1n) is 46.3. The van der Waals surface area contributed by atoms with Crippen molar-refractivity contribution in [3.63, 3.8) is 0 Å². The van der Waals surface area contributed by atoms with Crippen LogP contribution in [0.25, 0.3) is 134 Å². The molecule has 585 valence electrons. The van der Waals surface area contributed by atoms with Gasteiger partial charge in [0.1, 0.15) is 0 Å². The summed E-state index contributed by atoms with van der Waals surface area (Å²) in [7, 11) is 0. The zero-order chi connectivity index (χ0) is 96.5. The molecule has 0 bridgehead atoms. The van der Waals surface area contributed by atoms with E-state index in [9.17, 15) is 0 Å². The maximum atomic E-state index is 8.55. The van der Waals surface area contributed by atoms with Gasteiger partial charge in [-0.2, -0.15) is 0 Å². The summed E-state index contributed by atoms with van der Waals surface area (Å²) in [6.07, 6.45) is 7.54. The fourth-order valence-electron chi connectivity index (χ4n) is 12.0. The van der Waals surface area contributed by atoms with Gasteiger partial charge in [-0.15, -0.1) is 161 Å². The number of aryl methyl sites for hydroxylation is 11. The van der Waals surface area contributed by atoms with E-state index in [1.807, 2.05) is 162 Å². The van der Waals surface area contributed by atoms with E-state index in [1.54, 1.807) is 82.6 Å². The van der Waals surface area contributed by atoms with Crippen molar-refractivity contribution in [3.05, 3.63) is 340 Å². The normalized spacial score (nSPS) is 14.9. The van der Waals surface area contributed by atoms with Crippen molar-refractivity contribution >= 4 is 66.2 Å². The van der Waals surface area contributed by atoms with Gasteiger partial charge < -0.3 is 43.2 Å². The van der Waals surface area contributed by atoms with E-state index >= 15 is 0 Å². The largest absolute Gasteiger partial charge is 0.486 e. The van der Waals surface area contributed by atoms with Crippen LogP contribution in [0.4, 0.5) is 0 Å². The standard InChI is InChI=1S/C22H21N2O.C21H19N2O.C18H13N2O.3C13H12N.3Ir/c1-14-8-9-17-16-6-5-7-18(20(16)25-21(17)24-14)19-12-15(10-11-23-19)13-22(2,3)4;1-12(2)15-9-10-22-18(11-15)16-7-5-13(3)19-17-8-6-14(4)23-21(17)24-20(16)19;1-11-6-8-13(15-5-3-4-10-19-15)17-16(11)14-9-7-12(2)20-18(14)21-17;3*1-10-8-13(14-9-11(10)2)12-6-4-3-5-7-12;;;/h5-6,8-12H,13H2,1-4H3;5-6,8-12H,1-4H3;3-7,9-10H,1-2H3;3*3-6,8-9H,1-2H3;;;/q6*-1;;;/i13D2;1D3,3D3,12D;1D3;3*2D3;;;. The van der Waals surface area contributed by atoms with Crippen molar-refractivity contribution < 1.29 is 102 Å². The number of furan rings is 3. The number of pyridine rings is 9. The van der Waals surface area contributed by atoms with Gasteiger partial charge >= 0.3 is 0 Å². The van der Waals surface area contributed by atoms with Crippen LogP contribution in [0.1, 0.15) is 142 Å². The summed E-state index contributed by atoms with van der Waals surface area (Å²) < 4.78 is 180. The van der Waals surface area contributed by atoms with Gasteiger partial charge in [0.05, 0.1) is 16.7 Å². The van der Waals surface area contributed by atoms with Crippen molar-refractivity contribution in [3.8, 4) is 67.5 Å². The molecule has 12 nitrogen and oxygen atoms in total. The van der Waals surface area contributed by atoms with Gasteiger partial charge in [-0.25, -0.2) is 15.0 Å². The third-order valence-electron chi connectivity index (χ3n) is 17.7. The molecule has 6 aromatic carbocycles. The van der Waals surface area contributed by atoms with Gasteiger partial charge in [-0.05, 0) is 185 Å². The van der Waals surface area contributed by atoms with Crippen LogP contribution >= 0.6 is 0 Å². The number of fused-ring (bicyclic) bond motifs is 9. The smallest absolute Gasteiger partial charge is 0.216 e. The van der Waals surface area contributed by atoms with E-state index in [0.29, 0.717) is 100 Å². The third-order valence-corrected chi connectivity index (χ3v) is 17.7. The second kappa shape index (κ2) is 38.9. The van der Waals surface area contributed by atoms with Crippen LogP contribution in [-0.4, -0.2) is 44.9 Å². The van der Waals surface area contributed by atoms with Gasteiger partial charge in [-0.3, -0.25) is 0 Å². The van der Waals surface area contributed by atoms with Gasteiger partial charge in [0.15, 0.2) is 0 Å². The minimum absolute atomic E-state index is 0. The predicted octanol–water partition coefficient (Wildman–Crippen LogP) is 25.3. The molecule has 0 spiro atoms. The van der Waals surface area contributed by atoms with Gasteiger partial charge in [0.2, 0.25) is 17.1 Å². The number of nitrogens with zero attached hydrogens (tertiary/aromatic N) is 9. The second-order valence-corrected chi connectivity index (χ2v) is 27.4. The van der Waals surface area contributed by atoms with Crippen molar-refractivity contribution in [1.82, 2.24) is 44.9 Å². The van der Waals surface area contributed by atoms with Gasteiger partial charge in [-0.1, -0.05) is 151 Å². The van der Waals surface area contributed by atoms with Crippen LogP contribution in [0.3, 0.4) is 0 Å². The van der Waals surface area contributed by atoms with Crippen LogP contribution in [0.15, 0.2) is 245 Å². The van der Waals surface area contributed by atoms with E-state index in [-0.39, 0.29) is 82.6 Å². The Hall–Kier alpha value is -11.0. The maximum Gasteiger partial charge on any atom is 0.216 e. The van der Waals surface area contributed by atoms with Crippen molar-refractivity contribution in [2.45, 2.75) is 123 Å². The Kier molecular flexibility index (Phi) is 20.8. The van der Waals surface area contributed by atoms with Crippen molar-refractivity contribution in [2.75, 3.05) is 0 Å². The van der Waals surface area contributed by atoms with Crippen LogP contribution in [0.5, 0.6) is 0 Å². The van der Waals surface area contributed by atoms with Crippen LogP contribution in [0.2, 0.25) is 0 Å². The molecule has 1 unspecified atom stereocenters. The second-order valence-electron chi connectivity index (χ2n) is 27.4. The average molecular weight is 2060 g/mol. The SMILES string of the molecule is [2H]C([2H])([2H])c1c[c-]c(-c2cc(C([2H])(C)C([2H])([2H])[2H])ccn2)c2oc3nc(C)ccc3c12.[2H]C([2H])([2H])c1c[c-]c(-c2ccccn2)c2oc3nc(C)ccc3c12.[2H]C([2H])([2H])c1cnc(-c2[c-]cccc2)cc1C.[2H]C([2H])([2H])c1cnc(-c2[c-]cccc2)cc1C.[2H]C([2H])([2H])c1cnc(-c2[c-]cccc2)cc1C.[2H]C([2H])(c1ccnc(-c2[c-]ccc3c2oc2nc(C)ccc23)c1)C(C)(C)C.[Ir].[Ir].[Ir]. The Morgan fingerprint density at radius 2 is 0.809 bits per heavy atom. The molecule has 18 aromatic rings.